The van der Waals surface area contributed by atoms with Crippen molar-refractivity contribution in [2.45, 2.75) is 37.5 Å². The van der Waals surface area contributed by atoms with Crippen molar-refractivity contribution in [3.63, 3.8) is 0 Å². The molecule has 1 aromatic carbocycles. The van der Waals surface area contributed by atoms with Gasteiger partial charge in [0, 0.05) is 29.4 Å². The van der Waals surface area contributed by atoms with E-state index in [4.69, 9.17) is 0 Å². The van der Waals surface area contributed by atoms with Gasteiger partial charge in [0.2, 0.25) is 0 Å². The summed E-state index contributed by atoms with van der Waals surface area (Å²) in [6, 6.07) is 7.61. The van der Waals surface area contributed by atoms with Gasteiger partial charge >= 0.3 is 0 Å². The predicted octanol–water partition coefficient (Wildman–Crippen LogP) is 3.46. The Morgan fingerprint density at radius 3 is 2.57 bits per heavy atom. The van der Waals surface area contributed by atoms with Crippen LogP contribution in [0.1, 0.15) is 59.5 Å². The molecule has 0 atom stereocenters. The zero-order valence-electron chi connectivity index (χ0n) is 12.8. The molecule has 1 N–H and O–H groups in total. The number of nitrogens with zero attached hydrogens (tertiary/aromatic N) is 3. The molecule has 0 radical (unpaired) electrons. The smallest absolute Gasteiger partial charge is 0.254 e. The summed E-state index contributed by atoms with van der Waals surface area (Å²) in [7, 11) is 0. The van der Waals surface area contributed by atoms with Gasteiger partial charge in [-0.15, -0.1) is 0 Å². The summed E-state index contributed by atoms with van der Waals surface area (Å²) in [6.07, 6.45) is 4.32. The van der Waals surface area contributed by atoms with Crippen molar-refractivity contribution in [1.29, 1.82) is 0 Å². The number of H-pyrrole nitrogens is 1. The number of nitrogens with one attached hydrogen (secondary N) is 1. The molecule has 0 bridgehead atoms. The highest BCUT2D eigenvalue weighted by molar-refractivity contribution is 9.10. The molecule has 1 aromatic heterocycles. The van der Waals surface area contributed by atoms with Gasteiger partial charge < -0.3 is 4.90 Å². The highest BCUT2D eigenvalue weighted by Crippen LogP contribution is 2.38. The van der Waals surface area contributed by atoms with Crippen LogP contribution in [-0.2, 0) is 0 Å². The number of hydrogen-bond donors (Lipinski definition) is 1. The minimum absolute atomic E-state index is 0.104. The van der Waals surface area contributed by atoms with E-state index in [9.17, 15) is 4.79 Å². The number of piperidine rings is 1. The van der Waals surface area contributed by atoms with Crippen molar-refractivity contribution >= 4 is 21.8 Å². The van der Waals surface area contributed by atoms with Crippen LogP contribution in [-0.4, -0.2) is 39.1 Å². The molecule has 2 aliphatic rings. The average Bonchev–Trinajstić information content (AvgIpc) is 3.32. The van der Waals surface area contributed by atoms with Crippen molar-refractivity contribution in [2.24, 2.45) is 0 Å². The lowest BCUT2D eigenvalue weighted by molar-refractivity contribution is 0.0710. The summed E-state index contributed by atoms with van der Waals surface area (Å²) >= 11 is 3.46. The molecule has 1 amide bonds. The Labute approximate surface area is 143 Å². The number of halogens is 1. The molecule has 0 unspecified atom stereocenters. The number of hydrogen-bond acceptors (Lipinski definition) is 3. The SMILES string of the molecule is O=C(c1ccccc1Br)N1CCC(c2nc(C3CC3)n[nH]2)CC1. The molecule has 6 heteroatoms. The summed E-state index contributed by atoms with van der Waals surface area (Å²) in [5, 5.41) is 7.45. The summed E-state index contributed by atoms with van der Waals surface area (Å²) in [5.74, 6) is 3.05. The molecule has 1 aliphatic carbocycles. The first-order chi connectivity index (χ1) is 11.2. The maximum Gasteiger partial charge on any atom is 0.254 e. The number of aromatic nitrogens is 3. The first kappa shape index (κ1) is 14.9. The van der Waals surface area contributed by atoms with Crippen LogP contribution >= 0.6 is 15.9 Å². The van der Waals surface area contributed by atoms with E-state index in [1.807, 2.05) is 29.2 Å². The van der Waals surface area contributed by atoms with E-state index in [0.717, 1.165) is 47.6 Å². The van der Waals surface area contributed by atoms with Gasteiger partial charge in [0.25, 0.3) is 5.91 Å². The zero-order valence-corrected chi connectivity index (χ0v) is 14.4. The number of aromatic amines is 1. The Hall–Kier alpha value is -1.69. The Bertz CT molecular complexity index is 717. The topological polar surface area (TPSA) is 61.9 Å². The van der Waals surface area contributed by atoms with Gasteiger partial charge in [0.05, 0.1) is 5.56 Å². The van der Waals surface area contributed by atoms with Crippen LogP contribution in [0.25, 0.3) is 0 Å². The lowest BCUT2D eigenvalue weighted by Crippen LogP contribution is -2.38. The Morgan fingerprint density at radius 2 is 1.87 bits per heavy atom. The fourth-order valence-electron chi connectivity index (χ4n) is 3.16. The second kappa shape index (κ2) is 6.07. The lowest BCUT2D eigenvalue weighted by Gasteiger charge is -2.31. The van der Waals surface area contributed by atoms with Gasteiger partial charge in [-0.25, -0.2) is 4.98 Å². The van der Waals surface area contributed by atoms with Crippen molar-refractivity contribution in [3.8, 4) is 0 Å². The van der Waals surface area contributed by atoms with E-state index < -0.39 is 0 Å². The fraction of sp³-hybridized carbons (Fsp3) is 0.471. The third-order valence-electron chi connectivity index (χ3n) is 4.74. The van der Waals surface area contributed by atoms with E-state index in [1.54, 1.807) is 0 Å². The van der Waals surface area contributed by atoms with Crippen LogP contribution in [0, 0.1) is 0 Å². The third-order valence-corrected chi connectivity index (χ3v) is 5.43. The van der Waals surface area contributed by atoms with E-state index in [0.29, 0.717) is 11.8 Å². The number of carbonyl (C=O) groups excluding carboxylic acids is 1. The molecular formula is C17H19BrN4O. The molecule has 1 saturated heterocycles. The first-order valence-electron chi connectivity index (χ1n) is 8.18. The molecular weight excluding hydrogens is 356 g/mol. The summed E-state index contributed by atoms with van der Waals surface area (Å²) < 4.78 is 0.858. The van der Waals surface area contributed by atoms with Crippen LogP contribution < -0.4 is 0 Å². The van der Waals surface area contributed by atoms with Gasteiger partial charge in [-0.05, 0) is 53.7 Å². The summed E-state index contributed by atoms with van der Waals surface area (Å²) in [5.41, 5.74) is 0.738. The van der Waals surface area contributed by atoms with Crippen LogP contribution in [0.15, 0.2) is 28.7 Å². The second-order valence-electron chi connectivity index (χ2n) is 6.40. The monoisotopic (exact) mass is 374 g/mol. The number of benzene rings is 1. The standard InChI is InChI=1S/C17H19BrN4O/c18-14-4-2-1-3-13(14)17(23)22-9-7-12(8-10-22)16-19-15(20-21-16)11-5-6-11/h1-4,11-12H,5-10H2,(H,19,20,21). The minimum atomic E-state index is 0.104. The van der Waals surface area contributed by atoms with E-state index in [-0.39, 0.29) is 5.91 Å². The van der Waals surface area contributed by atoms with Crippen molar-refractivity contribution in [2.75, 3.05) is 13.1 Å². The van der Waals surface area contributed by atoms with Crippen LogP contribution in [0.4, 0.5) is 0 Å². The summed E-state index contributed by atoms with van der Waals surface area (Å²) in [4.78, 5) is 19.2. The van der Waals surface area contributed by atoms with Crippen LogP contribution in [0.5, 0.6) is 0 Å². The molecule has 0 spiro atoms. The van der Waals surface area contributed by atoms with E-state index >= 15 is 0 Å². The number of carbonyl (C=O) groups is 1. The van der Waals surface area contributed by atoms with E-state index in [2.05, 4.69) is 31.1 Å². The minimum Gasteiger partial charge on any atom is -0.339 e. The van der Waals surface area contributed by atoms with Crippen LogP contribution in [0.2, 0.25) is 0 Å². The van der Waals surface area contributed by atoms with Gasteiger partial charge in [0.1, 0.15) is 5.82 Å². The molecule has 5 nitrogen and oxygen atoms in total. The maximum absolute atomic E-state index is 12.6. The quantitative estimate of drug-likeness (QED) is 0.894. The molecule has 4 rings (SSSR count). The molecule has 2 aromatic rings. The van der Waals surface area contributed by atoms with Gasteiger partial charge in [-0.3, -0.25) is 9.89 Å². The maximum atomic E-state index is 12.6. The molecule has 23 heavy (non-hydrogen) atoms. The van der Waals surface area contributed by atoms with Gasteiger partial charge in [0.15, 0.2) is 5.82 Å². The largest absolute Gasteiger partial charge is 0.339 e. The normalized spacial score (nSPS) is 19.1. The lowest BCUT2D eigenvalue weighted by atomic mass is 9.95. The van der Waals surface area contributed by atoms with Crippen LogP contribution in [0.3, 0.4) is 0 Å². The van der Waals surface area contributed by atoms with Crippen molar-refractivity contribution < 1.29 is 4.79 Å². The van der Waals surface area contributed by atoms with Gasteiger partial charge in [-0.1, -0.05) is 12.1 Å². The Morgan fingerprint density at radius 1 is 1.13 bits per heavy atom. The average molecular weight is 375 g/mol. The Balaban J connectivity index is 1.40. The third kappa shape index (κ3) is 3.04. The molecule has 120 valence electrons. The highest BCUT2D eigenvalue weighted by atomic mass is 79.9. The molecule has 2 heterocycles. The van der Waals surface area contributed by atoms with Gasteiger partial charge in [-0.2, -0.15) is 5.10 Å². The number of amides is 1. The van der Waals surface area contributed by atoms with E-state index in [1.165, 1.54) is 12.8 Å². The second-order valence-corrected chi connectivity index (χ2v) is 7.25. The zero-order chi connectivity index (χ0) is 15.8. The Kier molecular flexibility index (Phi) is 3.93. The molecule has 2 fully saturated rings. The fourth-order valence-corrected chi connectivity index (χ4v) is 3.61. The number of likely N-dealkylation sites (tertiary alicyclic amines) is 1. The van der Waals surface area contributed by atoms with Crippen molar-refractivity contribution in [1.82, 2.24) is 20.1 Å². The van der Waals surface area contributed by atoms with Crippen molar-refractivity contribution in [3.05, 3.63) is 46.0 Å². The molecule has 1 saturated carbocycles. The summed E-state index contributed by atoms with van der Waals surface area (Å²) in [6.45, 7) is 1.54. The highest BCUT2D eigenvalue weighted by Gasteiger charge is 2.31. The predicted molar refractivity (Wildman–Crippen MR) is 90.4 cm³/mol. The first-order valence-corrected chi connectivity index (χ1v) is 8.97. The molecule has 1 aliphatic heterocycles. The number of rotatable bonds is 3.